The number of carbonyl (C=O) groups excluding carboxylic acids is 2. The third-order valence-corrected chi connectivity index (χ3v) is 7.60. The molecule has 1 aliphatic heterocycles. The van der Waals surface area contributed by atoms with Gasteiger partial charge in [-0.15, -0.1) is 0 Å². The molecule has 2 amide bonds. The first-order valence-corrected chi connectivity index (χ1v) is 13.5. The minimum atomic E-state index is -2.76. The van der Waals surface area contributed by atoms with E-state index in [-0.39, 0.29) is 49.9 Å². The molecule has 4 rings (SSSR count). The van der Waals surface area contributed by atoms with Crippen LogP contribution in [0.1, 0.15) is 77.0 Å². The molecule has 2 N–H and O–H groups in total. The fourth-order valence-electron chi connectivity index (χ4n) is 5.32. The molecule has 0 spiro atoms. The maximum Gasteiger partial charge on any atom is 0.252 e. The highest BCUT2D eigenvalue weighted by atomic mass is 19.3. The zero-order chi connectivity index (χ0) is 29.3. The number of carbonyl (C=O) groups is 2. The van der Waals surface area contributed by atoms with E-state index >= 15 is 0 Å². The molecule has 2 aliphatic rings. The van der Waals surface area contributed by atoms with Gasteiger partial charge in [0.05, 0.1) is 12.1 Å². The average molecular weight is 555 g/mol. The number of β-amino-alcohol motifs (C(OH)–C–C–N with tert-alkyl or cyclic N) is 1. The summed E-state index contributed by atoms with van der Waals surface area (Å²) in [6.45, 7) is 7.59. The van der Waals surface area contributed by atoms with Crippen molar-refractivity contribution in [3.05, 3.63) is 54.0 Å². The quantitative estimate of drug-likeness (QED) is 0.520. The fourth-order valence-corrected chi connectivity index (χ4v) is 5.32. The molecule has 9 nitrogen and oxygen atoms in total. The van der Waals surface area contributed by atoms with Crippen molar-refractivity contribution >= 4 is 17.6 Å². The van der Waals surface area contributed by atoms with Crippen LogP contribution in [0.15, 0.2) is 42.9 Å². The van der Waals surface area contributed by atoms with Crippen molar-refractivity contribution in [3.8, 4) is 6.19 Å². The van der Waals surface area contributed by atoms with Crippen LogP contribution in [-0.2, 0) is 15.0 Å². The van der Waals surface area contributed by atoms with Gasteiger partial charge in [0.2, 0.25) is 11.8 Å². The summed E-state index contributed by atoms with van der Waals surface area (Å²) in [4.78, 5) is 39.4. The van der Waals surface area contributed by atoms with Crippen LogP contribution < -0.4 is 10.2 Å². The van der Waals surface area contributed by atoms with Gasteiger partial charge in [0, 0.05) is 49.5 Å². The van der Waals surface area contributed by atoms with Crippen molar-refractivity contribution in [2.75, 3.05) is 11.4 Å². The predicted octanol–water partition coefficient (Wildman–Crippen LogP) is 3.85. The van der Waals surface area contributed by atoms with E-state index in [1.54, 1.807) is 31.3 Å². The van der Waals surface area contributed by atoms with E-state index in [1.165, 1.54) is 22.2 Å². The molecule has 11 heteroatoms. The highest BCUT2D eigenvalue weighted by molar-refractivity contribution is 6.03. The van der Waals surface area contributed by atoms with Crippen LogP contribution in [0.5, 0.6) is 0 Å². The van der Waals surface area contributed by atoms with Crippen molar-refractivity contribution in [1.29, 1.82) is 5.26 Å². The predicted molar refractivity (Wildman–Crippen MR) is 144 cm³/mol. The van der Waals surface area contributed by atoms with Gasteiger partial charge in [-0.3, -0.25) is 24.4 Å². The van der Waals surface area contributed by atoms with Crippen molar-refractivity contribution in [2.45, 2.75) is 94.9 Å². The number of anilines is 1. The number of aliphatic hydroxyl groups is 1. The molecule has 3 heterocycles. The number of amides is 2. The number of alkyl halides is 2. The summed E-state index contributed by atoms with van der Waals surface area (Å²) in [6.07, 6.45) is 6.18. The number of nitrogens with zero attached hydrogens (tertiary/aromatic N) is 5. The van der Waals surface area contributed by atoms with Gasteiger partial charge in [0.1, 0.15) is 17.9 Å². The minimum absolute atomic E-state index is 0.0188. The van der Waals surface area contributed by atoms with Gasteiger partial charge in [-0.25, -0.2) is 13.8 Å². The van der Waals surface area contributed by atoms with Crippen LogP contribution >= 0.6 is 0 Å². The Morgan fingerprint density at radius 2 is 1.93 bits per heavy atom. The number of pyridine rings is 2. The fraction of sp³-hybridized carbons (Fsp3) is 0.552. The highest BCUT2D eigenvalue weighted by Crippen LogP contribution is 2.36. The van der Waals surface area contributed by atoms with E-state index in [0.29, 0.717) is 5.56 Å². The topological polar surface area (TPSA) is 122 Å². The van der Waals surface area contributed by atoms with Gasteiger partial charge >= 0.3 is 0 Å². The Labute approximate surface area is 233 Å². The summed E-state index contributed by atoms with van der Waals surface area (Å²) in [5, 5.41) is 23.3. The van der Waals surface area contributed by atoms with Gasteiger partial charge in [-0.05, 0) is 42.9 Å². The number of hydrogen-bond donors (Lipinski definition) is 2. The normalized spacial score (nSPS) is 23.8. The van der Waals surface area contributed by atoms with Crippen LogP contribution in [0.3, 0.4) is 0 Å². The third kappa shape index (κ3) is 6.55. The summed E-state index contributed by atoms with van der Waals surface area (Å²) in [5.41, 5.74) is -0.197. The number of halogens is 2. The third-order valence-electron chi connectivity index (χ3n) is 7.60. The zero-order valence-corrected chi connectivity index (χ0v) is 23.3. The molecule has 1 saturated heterocycles. The number of nitrogens with one attached hydrogen (secondary N) is 1. The Balaban J connectivity index is 1.77. The van der Waals surface area contributed by atoms with Crippen LogP contribution in [0.4, 0.5) is 14.6 Å². The number of rotatable bonds is 6. The monoisotopic (exact) mass is 554 g/mol. The summed E-state index contributed by atoms with van der Waals surface area (Å²) < 4.78 is 27.6. The first-order valence-electron chi connectivity index (χ1n) is 13.5. The zero-order valence-electron chi connectivity index (χ0n) is 23.3. The Morgan fingerprint density at radius 3 is 2.48 bits per heavy atom. The Kier molecular flexibility index (Phi) is 8.13. The maximum atomic E-state index is 14.3. The lowest BCUT2D eigenvalue weighted by Gasteiger charge is -2.35. The van der Waals surface area contributed by atoms with Crippen molar-refractivity contribution < 1.29 is 23.5 Å². The van der Waals surface area contributed by atoms with E-state index in [1.807, 2.05) is 33.0 Å². The molecule has 0 bridgehead atoms. The first-order chi connectivity index (χ1) is 18.7. The molecular formula is C29H36F2N6O3. The van der Waals surface area contributed by atoms with Crippen LogP contribution in [-0.4, -0.2) is 61.9 Å². The molecule has 2 aromatic heterocycles. The minimum Gasteiger partial charge on any atom is -0.388 e. The largest absolute Gasteiger partial charge is 0.388 e. The van der Waals surface area contributed by atoms with Crippen LogP contribution in [0.25, 0.3) is 0 Å². The molecule has 1 saturated carbocycles. The molecule has 1 aliphatic carbocycles. The highest BCUT2D eigenvalue weighted by Gasteiger charge is 2.47. The molecule has 3 atom stereocenters. The average Bonchev–Trinajstić information content (AvgIpc) is 3.22. The van der Waals surface area contributed by atoms with Gasteiger partial charge in [0.15, 0.2) is 6.19 Å². The number of likely N-dealkylation sites (tertiary alicyclic amines) is 1. The molecule has 2 fully saturated rings. The van der Waals surface area contributed by atoms with Gasteiger partial charge in [0.25, 0.3) is 5.91 Å². The summed E-state index contributed by atoms with van der Waals surface area (Å²) in [5.74, 6) is -3.73. The molecule has 1 unspecified atom stereocenters. The van der Waals surface area contributed by atoms with Gasteiger partial charge in [-0.1, -0.05) is 32.9 Å². The first kappa shape index (κ1) is 29.3. The molecule has 214 valence electrons. The van der Waals surface area contributed by atoms with E-state index in [0.717, 1.165) is 5.56 Å². The smallest absolute Gasteiger partial charge is 0.252 e. The maximum absolute atomic E-state index is 14.3. The van der Waals surface area contributed by atoms with Crippen LogP contribution in [0.2, 0.25) is 0 Å². The number of aromatic nitrogens is 2. The van der Waals surface area contributed by atoms with Crippen molar-refractivity contribution in [3.63, 3.8) is 0 Å². The second-order valence-corrected chi connectivity index (χ2v) is 12.1. The number of hydrogen-bond acceptors (Lipinski definition) is 7. The molecular weight excluding hydrogens is 518 g/mol. The lowest BCUT2D eigenvalue weighted by atomic mass is 9.88. The second-order valence-electron chi connectivity index (χ2n) is 12.1. The van der Waals surface area contributed by atoms with Crippen molar-refractivity contribution in [2.24, 2.45) is 0 Å². The van der Waals surface area contributed by atoms with Crippen LogP contribution in [0, 0.1) is 11.5 Å². The van der Waals surface area contributed by atoms with E-state index < -0.39 is 41.5 Å². The summed E-state index contributed by atoms with van der Waals surface area (Å²) in [7, 11) is 0. The summed E-state index contributed by atoms with van der Waals surface area (Å²) >= 11 is 0. The summed E-state index contributed by atoms with van der Waals surface area (Å²) in [6, 6.07) is 4.01. The van der Waals surface area contributed by atoms with Gasteiger partial charge < -0.3 is 10.4 Å². The second kappa shape index (κ2) is 11.1. The van der Waals surface area contributed by atoms with E-state index in [2.05, 4.69) is 15.3 Å². The Morgan fingerprint density at radius 1 is 1.23 bits per heavy atom. The van der Waals surface area contributed by atoms with E-state index in [4.69, 9.17) is 0 Å². The molecule has 0 aromatic carbocycles. The lowest BCUT2D eigenvalue weighted by Crippen LogP contribution is -2.52. The van der Waals surface area contributed by atoms with Gasteiger partial charge in [-0.2, -0.15) is 5.26 Å². The molecule has 40 heavy (non-hydrogen) atoms. The lowest BCUT2D eigenvalue weighted by molar-refractivity contribution is -0.129. The molecule has 2 aromatic rings. The molecule has 0 radical (unpaired) electrons. The van der Waals surface area contributed by atoms with Crippen molar-refractivity contribution in [1.82, 2.24) is 20.2 Å². The standard InChI is InChI=1S/C29H36F2N6O3/c1-27(2,3)20-7-8-23(34-16-20)37(26(39)22-14-28(4,40)17-36(22)18-32)24(19-6-5-13-33-15-19)25(38)35-21-9-11-29(30,31)12-10-21/h5-8,13,15-16,21-22,24,40H,9-12,14,17H2,1-4H3,(H,35,38)/t22-,24?,28-/m1/s1. The SMILES string of the molecule is CC(C)(C)c1ccc(N(C(=O)[C@H]2C[C@@](C)(O)CN2C#N)C(C(=O)NC2CCC(F)(F)CC2)c2cccnc2)nc1. The Hall–Kier alpha value is -3.65. The Bertz CT molecular complexity index is 1250. The number of nitriles is 1. The van der Waals surface area contributed by atoms with E-state index in [9.17, 15) is 28.7 Å².